The van der Waals surface area contributed by atoms with Crippen LogP contribution in [0.5, 0.6) is 0 Å². The summed E-state index contributed by atoms with van der Waals surface area (Å²) in [5, 5.41) is 7.82. The summed E-state index contributed by atoms with van der Waals surface area (Å²) in [4.78, 5) is 10.9. The normalized spacial score (nSPS) is 17.9. The number of hydrogen-bond donors (Lipinski definition) is 1. The van der Waals surface area contributed by atoms with Gasteiger partial charge in [0.2, 0.25) is 5.95 Å². The minimum absolute atomic E-state index is 0.404. The lowest BCUT2D eigenvalue weighted by Crippen LogP contribution is -2.31. The van der Waals surface area contributed by atoms with Gasteiger partial charge in [0.1, 0.15) is 11.5 Å². The molecule has 7 nitrogen and oxygen atoms in total. The molecule has 1 atom stereocenters. The van der Waals surface area contributed by atoms with Gasteiger partial charge in [-0.05, 0) is 31.2 Å². The van der Waals surface area contributed by atoms with Crippen molar-refractivity contribution in [3.63, 3.8) is 0 Å². The van der Waals surface area contributed by atoms with E-state index in [1.807, 2.05) is 25.3 Å². The van der Waals surface area contributed by atoms with Gasteiger partial charge in [-0.1, -0.05) is 0 Å². The quantitative estimate of drug-likeness (QED) is 0.770. The van der Waals surface area contributed by atoms with E-state index in [9.17, 15) is 0 Å². The van der Waals surface area contributed by atoms with Crippen molar-refractivity contribution in [2.24, 2.45) is 5.92 Å². The molecule has 0 amide bonds. The van der Waals surface area contributed by atoms with Gasteiger partial charge in [-0.2, -0.15) is 5.10 Å². The highest BCUT2D eigenvalue weighted by atomic mass is 16.3. The maximum absolute atomic E-state index is 5.76. The van der Waals surface area contributed by atoms with E-state index in [-0.39, 0.29) is 0 Å². The molecule has 0 radical (unpaired) electrons. The molecule has 1 unspecified atom stereocenters. The lowest BCUT2D eigenvalue weighted by Gasteiger charge is -2.23. The summed E-state index contributed by atoms with van der Waals surface area (Å²) in [5.74, 6) is 3.03. The molecule has 3 aromatic heterocycles. The van der Waals surface area contributed by atoms with E-state index in [1.54, 1.807) is 12.4 Å². The molecule has 0 fully saturated rings. The smallest absolute Gasteiger partial charge is 0.222 e. The van der Waals surface area contributed by atoms with Gasteiger partial charge in [0.25, 0.3) is 0 Å². The zero-order valence-electron chi connectivity index (χ0n) is 14.3. The predicted molar refractivity (Wildman–Crippen MR) is 93.8 cm³/mol. The molecule has 1 aliphatic rings. The van der Waals surface area contributed by atoms with Crippen molar-refractivity contribution < 1.29 is 4.42 Å². The Morgan fingerprint density at radius 1 is 1.16 bits per heavy atom. The maximum Gasteiger partial charge on any atom is 0.222 e. The van der Waals surface area contributed by atoms with Crippen molar-refractivity contribution >= 4 is 5.95 Å². The Morgan fingerprint density at radius 3 is 2.84 bits per heavy atom. The Kier molecular flexibility index (Phi) is 4.47. The van der Waals surface area contributed by atoms with E-state index < -0.39 is 0 Å². The molecular weight excluding hydrogens is 316 g/mol. The summed E-state index contributed by atoms with van der Waals surface area (Å²) in [6, 6.07) is 7.99. The van der Waals surface area contributed by atoms with E-state index in [0.29, 0.717) is 11.9 Å². The van der Waals surface area contributed by atoms with Crippen molar-refractivity contribution in [1.82, 2.24) is 24.6 Å². The van der Waals surface area contributed by atoms with Crippen molar-refractivity contribution in [3.05, 3.63) is 60.1 Å². The number of furan rings is 1. The Bertz CT molecular complexity index is 812. The molecule has 0 aliphatic carbocycles. The van der Waals surface area contributed by atoms with Crippen LogP contribution in [0, 0.1) is 12.8 Å². The molecule has 0 spiro atoms. The fourth-order valence-electron chi connectivity index (χ4n) is 3.29. The van der Waals surface area contributed by atoms with Crippen molar-refractivity contribution in [2.75, 3.05) is 18.4 Å². The van der Waals surface area contributed by atoms with Crippen LogP contribution in [-0.4, -0.2) is 37.7 Å². The number of hydrogen-bond acceptors (Lipinski definition) is 6. The summed E-state index contributed by atoms with van der Waals surface area (Å²) in [6.07, 6.45) is 5.37. The van der Waals surface area contributed by atoms with Gasteiger partial charge >= 0.3 is 0 Å². The summed E-state index contributed by atoms with van der Waals surface area (Å²) in [7, 11) is 0. The SMILES string of the molecule is Cc1ccc(CN2Cc3ccnn3CC(CNc3ncccn3)C2)o1. The number of nitrogens with zero attached hydrogens (tertiary/aromatic N) is 5. The molecule has 0 saturated heterocycles. The number of aryl methyl sites for hydroxylation is 1. The Morgan fingerprint density at radius 2 is 2.04 bits per heavy atom. The van der Waals surface area contributed by atoms with E-state index in [1.165, 1.54) is 5.69 Å². The number of nitrogens with one attached hydrogen (secondary N) is 1. The van der Waals surface area contributed by atoms with Crippen LogP contribution < -0.4 is 5.32 Å². The molecule has 130 valence electrons. The minimum atomic E-state index is 0.404. The highest BCUT2D eigenvalue weighted by Gasteiger charge is 2.23. The van der Waals surface area contributed by atoms with Crippen LogP contribution in [0.25, 0.3) is 0 Å². The fraction of sp³-hybridized carbons (Fsp3) is 0.389. The summed E-state index contributed by atoms with van der Waals surface area (Å²) in [5.41, 5.74) is 1.24. The Balaban J connectivity index is 1.47. The third kappa shape index (κ3) is 3.88. The van der Waals surface area contributed by atoms with E-state index in [4.69, 9.17) is 4.42 Å². The molecule has 1 aliphatic heterocycles. The Hall–Kier alpha value is -2.67. The zero-order chi connectivity index (χ0) is 17.1. The molecule has 0 aromatic carbocycles. The van der Waals surface area contributed by atoms with Crippen LogP contribution in [0.15, 0.2) is 47.3 Å². The van der Waals surface area contributed by atoms with E-state index >= 15 is 0 Å². The van der Waals surface area contributed by atoms with E-state index in [0.717, 1.165) is 44.2 Å². The largest absolute Gasteiger partial charge is 0.465 e. The first-order chi connectivity index (χ1) is 12.3. The second-order valence-corrected chi connectivity index (χ2v) is 6.51. The number of fused-ring (bicyclic) bond motifs is 1. The summed E-state index contributed by atoms with van der Waals surface area (Å²) in [6.45, 7) is 6.30. The van der Waals surface area contributed by atoms with Gasteiger partial charge in [-0.25, -0.2) is 9.97 Å². The molecule has 1 N–H and O–H groups in total. The number of aromatic nitrogens is 4. The third-order valence-corrected chi connectivity index (χ3v) is 4.43. The zero-order valence-corrected chi connectivity index (χ0v) is 14.3. The molecule has 4 rings (SSSR count). The highest BCUT2D eigenvalue weighted by molar-refractivity contribution is 5.22. The van der Waals surface area contributed by atoms with Crippen molar-refractivity contribution in [2.45, 2.75) is 26.6 Å². The monoisotopic (exact) mass is 338 g/mol. The molecule has 25 heavy (non-hydrogen) atoms. The van der Waals surface area contributed by atoms with Crippen LogP contribution in [0.2, 0.25) is 0 Å². The molecule has 3 aromatic rings. The summed E-state index contributed by atoms with van der Waals surface area (Å²) < 4.78 is 7.86. The fourth-order valence-corrected chi connectivity index (χ4v) is 3.29. The molecule has 0 saturated carbocycles. The second-order valence-electron chi connectivity index (χ2n) is 6.51. The topological polar surface area (TPSA) is 72.0 Å². The van der Waals surface area contributed by atoms with Crippen molar-refractivity contribution in [3.8, 4) is 0 Å². The minimum Gasteiger partial charge on any atom is -0.465 e. The summed E-state index contributed by atoms with van der Waals surface area (Å²) >= 11 is 0. The van der Waals surface area contributed by atoms with Crippen LogP contribution in [0.3, 0.4) is 0 Å². The number of anilines is 1. The van der Waals surface area contributed by atoms with Crippen LogP contribution >= 0.6 is 0 Å². The van der Waals surface area contributed by atoms with Gasteiger partial charge in [0.05, 0.1) is 12.2 Å². The molecular formula is C18H22N6O. The third-order valence-electron chi connectivity index (χ3n) is 4.43. The lowest BCUT2D eigenvalue weighted by atomic mass is 10.1. The first-order valence-electron chi connectivity index (χ1n) is 8.55. The maximum atomic E-state index is 5.76. The average Bonchev–Trinajstić information content (AvgIpc) is 3.19. The van der Waals surface area contributed by atoms with Crippen LogP contribution in [-0.2, 0) is 19.6 Å². The highest BCUT2D eigenvalue weighted by Crippen LogP contribution is 2.19. The van der Waals surface area contributed by atoms with Gasteiger partial charge in [0.15, 0.2) is 0 Å². The first-order valence-corrected chi connectivity index (χ1v) is 8.55. The predicted octanol–water partition coefficient (Wildman–Crippen LogP) is 2.32. The molecule has 0 bridgehead atoms. The van der Waals surface area contributed by atoms with Crippen molar-refractivity contribution in [1.29, 1.82) is 0 Å². The standard InChI is InChI=1S/C18H22N6O/c1-14-3-4-17(25-14)13-23-10-15(9-21-18-19-6-2-7-20-18)11-24-16(12-23)5-8-22-24/h2-8,15H,9-13H2,1H3,(H,19,20,21). The average molecular weight is 338 g/mol. The van der Waals surface area contributed by atoms with Gasteiger partial charge in [-0.3, -0.25) is 9.58 Å². The van der Waals surface area contributed by atoms with E-state index in [2.05, 4.69) is 42.1 Å². The van der Waals surface area contributed by atoms with Gasteiger partial charge < -0.3 is 9.73 Å². The Labute approximate surface area is 146 Å². The first kappa shape index (κ1) is 15.8. The van der Waals surface area contributed by atoms with Crippen LogP contribution in [0.4, 0.5) is 5.95 Å². The van der Waals surface area contributed by atoms with Crippen LogP contribution in [0.1, 0.15) is 17.2 Å². The molecule has 4 heterocycles. The molecule has 7 heteroatoms. The van der Waals surface area contributed by atoms with Gasteiger partial charge in [-0.15, -0.1) is 0 Å². The number of rotatable bonds is 5. The lowest BCUT2D eigenvalue weighted by molar-refractivity contribution is 0.208. The van der Waals surface area contributed by atoms with Gasteiger partial charge in [0, 0.05) is 50.7 Å². The second kappa shape index (κ2) is 7.06.